The molecular weight excluding hydrogens is 423 g/mol. The summed E-state index contributed by atoms with van der Waals surface area (Å²) in [5.41, 5.74) is -0.858. The van der Waals surface area contributed by atoms with E-state index in [-0.39, 0.29) is 0 Å². The molecule has 3 heteroatoms. The first-order valence-electron chi connectivity index (χ1n) is 13.8. The van der Waals surface area contributed by atoms with Crippen molar-refractivity contribution in [1.82, 2.24) is 0 Å². The summed E-state index contributed by atoms with van der Waals surface area (Å²) in [7, 11) is 0. The van der Waals surface area contributed by atoms with Gasteiger partial charge in [0.05, 0.1) is 10.8 Å². The molecule has 0 aromatic rings. The van der Waals surface area contributed by atoms with E-state index in [1.54, 1.807) is 0 Å². The van der Waals surface area contributed by atoms with Crippen LogP contribution in [0.2, 0.25) is 0 Å². The van der Waals surface area contributed by atoms with E-state index >= 15 is 0 Å². The van der Waals surface area contributed by atoms with Crippen molar-refractivity contribution in [3.05, 3.63) is 0 Å². The van der Waals surface area contributed by atoms with Crippen LogP contribution in [0.25, 0.3) is 0 Å². The van der Waals surface area contributed by atoms with Gasteiger partial charge in [0.2, 0.25) is 0 Å². The SMILES string of the molecule is CCCCCC1CCC2(CC1)C(=O)C1(CCC(C3CCC(CCC)CC3)CC1)C2(Cl)Cl. The Kier molecular flexibility index (Phi) is 7.75. The second-order valence-corrected chi connectivity index (χ2v) is 13.2. The molecule has 4 saturated carbocycles. The largest absolute Gasteiger partial charge is 0.298 e. The Morgan fingerprint density at radius 2 is 1.19 bits per heavy atom. The number of Topliss-reactive ketones (excluding diaryl/α,β-unsaturated/α-hetero) is 1. The molecular formula is C28H46Cl2O. The molecule has 0 aliphatic heterocycles. The van der Waals surface area contributed by atoms with Crippen molar-refractivity contribution < 1.29 is 4.79 Å². The Balaban J connectivity index is 1.31. The number of halogens is 2. The minimum atomic E-state index is -0.824. The van der Waals surface area contributed by atoms with Crippen LogP contribution in [0.5, 0.6) is 0 Å². The quantitative estimate of drug-likeness (QED) is 0.268. The lowest BCUT2D eigenvalue weighted by Gasteiger charge is -2.67. The topological polar surface area (TPSA) is 17.1 Å². The molecule has 0 unspecified atom stereocenters. The number of ketones is 1. The lowest BCUT2D eigenvalue weighted by Crippen LogP contribution is -2.74. The molecule has 0 radical (unpaired) electrons. The van der Waals surface area contributed by atoms with E-state index in [9.17, 15) is 4.79 Å². The van der Waals surface area contributed by atoms with E-state index < -0.39 is 15.2 Å². The molecule has 4 rings (SSSR count). The molecule has 0 aromatic heterocycles. The molecule has 4 fully saturated rings. The highest BCUT2D eigenvalue weighted by atomic mass is 35.5. The van der Waals surface area contributed by atoms with Crippen molar-refractivity contribution in [2.75, 3.05) is 0 Å². The fourth-order valence-corrected chi connectivity index (χ4v) is 9.42. The van der Waals surface area contributed by atoms with Crippen LogP contribution in [0.4, 0.5) is 0 Å². The predicted molar refractivity (Wildman–Crippen MR) is 133 cm³/mol. The van der Waals surface area contributed by atoms with Crippen LogP contribution in [0.1, 0.15) is 129 Å². The molecule has 178 valence electrons. The zero-order valence-corrected chi connectivity index (χ0v) is 21.7. The number of unbranched alkanes of at least 4 members (excludes halogenated alkanes) is 2. The van der Waals surface area contributed by atoms with Crippen molar-refractivity contribution in [3.8, 4) is 0 Å². The van der Waals surface area contributed by atoms with E-state index in [0.29, 0.717) is 5.78 Å². The number of rotatable bonds is 7. The summed E-state index contributed by atoms with van der Waals surface area (Å²) >= 11 is 14.4. The van der Waals surface area contributed by atoms with Gasteiger partial charge in [0.15, 0.2) is 5.78 Å². The van der Waals surface area contributed by atoms with Crippen molar-refractivity contribution in [2.24, 2.45) is 34.5 Å². The van der Waals surface area contributed by atoms with Crippen molar-refractivity contribution >= 4 is 29.0 Å². The average Bonchev–Trinajstić information content (AvgIpc) is 2.80. The van der Waals surface area contributed by atoms with Crippen molar-refractivity contribution in [2.45, 2.75) is 134 Å². The maximum Gasteiger partial charge on any atom is 0.151 e. The van der Waals surface area contributed by atoms with Gasteiger partial charge in [-0.1, -0.05) is 88.4 Å². The zero-order chi connectivity index (χ0) is 22.1. The number of hydrogen-bond acceptors (Lipinski definition) is 1. The summed E-state index contributed by atoms with van der Waals surface area (Å²) in [6, 6.07) is 0. The highest BCUT2D eigenvalue weighted by Gasteiger charge is 2.79. The highest BCUT2D eigenvalue weighted by Crippen LogP contribution is 2.74. The molecule has 0 N–H and O–H groups in total. The van der Waals surface area contributed by atoms with Gasteiger partial charge in [-0.2, -0.15) is 0 Å². The van der Waals surface area contributed by atoms with E-state index in [1.807, 2.05) is 0 Å². The van der Waals surface area contributed by atoms with Crippen LogP contribution in [0.3, 0.4) is 0 Å². The number of carbonyl (C=O) groups excluding carboxylic acids is 1. The van der Waals surface area contributed by atoms with Gasteiger partial charge in [0.25, 0.3) is 0 Å². The summed E-state index contributed by atoms with van der Waals surface area (Å²) in [4.78, 5) is 13.7. The zero-order valence-electron chi connectivity index (χ0n) is 20.2. The number of alkyl halides is 2. The molecule has 0 heterocycles. The summed E-state index contributed by atoms with van der Waals surface area (Å²) in [6.07, 6.45) is 22.1. The van der Waals surface area contributed by atoms with Crippen LogP contribution in [0.15, 0.2) is 0 Å². The predicted octanol–water partition coefficient (Wildman–Crippen LogP) is 9.28. The highest BCUT2D eigenvalue weighted by molar-refractivity contribution is 6.55. The molecule has 4 aliphatic carbocycles. The first-order chi connectivity index (χ1) is 14.9. The number of hydrogen-bond donors (Lipinski definition) is 0. The summed E-state index contributed by atoms with van der Waals surface area (Å²) in [6.45, 7) is 4.59. The summed E-state index contributed by atoms with van der Waals surface area (Å²) in [5, 5.41) is 0. The average molecular weight is 470 g/mol. The van der Waals surface area contributed by atoms with Gasteiger partial charge >= 0.3 is 0 Å². The van der Waals surface area contributed by atoms with Crippen molar-refractivity contribution in [3.63, 3.8) is 0 Å². The number of carbonyl (C=O) groups is 1. The summed E-state index contributed by atoms with van der Waals surface area (Å²) in [5.74, 6) is 3.90. The Morgan fingerprint density at radius 3 is 1.71 bits per heavy atom. The Morgan fingerprint density at radius 1 is 0.677 bits per heavy atom. The smallest absolute Gasteiger partial charge is 0.151 e. The monoisotopic (exact) mass is 468 g/mol. The first kappa shape index (κ1) is 24.4. The van der Waals surface area contributed by atoms with E-state index in [0.717, 1.165) is 62.2 Å². The standard InChI is InChI=1S/C28H46Cl2O/c1-3-5-6-8-22-13-17-26(18-14-22)25(31)27(28(26,29)30)19-15-24(16-20-27)23-11-9-21(7-4-2)10-12-23/h21-24H,3-20H2,1-2H3. The fourth-order valence-electron chi connectivity index (χ4n) is 8.32. The Bertz CT molecular complexity index is 603. The molecule has 2 spiro atoms. The first-order valence-corrected chi connectivity index (χ1v) is 14.6. The maximum absolute atomic E-state index is 13.7. The minimum absolute atomic E-state index is 0.428. The fraction of sp³-hybridized carbons (Fsp3) is 0.964. The lowest BCUT2D eigenvalue weighted by molar-refractivity contribution is -0.173. The maximum atomic E-state index is 13.7. The van der Waals surface area contributed by atoms with Gasteiger partial charge in [0, 0.05) is 0 Å². The molecule has 0 saturated heterocycles. The molecule has 1 nitrogen and oxygen atoms in total. The Hall–Kier alpha value is 0.250. The van der Waals surface area contributed by atoms with Crippen LogP contribution < -0.4 is 0 Å². The van der Waals surface area contributed by atoms with Crippen molar-refractivity contribution in [1.29, 1.82) is 0 Å². The molecule has 31 heavy (non-hydrogen) atoms. The van der Waals surface area contributed by atoms with Gasteiger partial charge in [-0.25, -0.2) is 0 Å². The third-order valence-corrected chi connectivity index (χ3v) is 11.8. The Labute approximate surface area is 201 Å². The van der Waals surface area contributed by atoms with Crippen LogP contribution in [-0.2, 0) is 4.79 Å². The molecule has 0 atom stereocenters. The third-order valence-electron chi connectivity index (χ3n) is 10.4. The van der Waals surface area contributed by atoms with Gasteiger partial charge in [-0.15, -0.1) is 0 Å². The van der Waals surface area contributed by atoms with E-state index in [1.165, 1.54) is 77.0 Å². The van der Waals surface area contributed by atoms with Crippen LogP contribution >= 0.6 is 23.2 Å². The molecule has 4 aliphatic rings. The van der Waals surface area contributed by atoms with Crippen LogP contribution in [-0.4, -0.2) is 10.1 Å². The van der Waals surface area contributed by atoms with E-state index in [2.05, 4.69) is 13.8 Å². The molecule has 0 amide bonds. The van der Waals surface area contributed by atoms with Gasteiger partial charge in [-0.05, 0) is 87.9 Å². The lowest BCUT2D eigenvalue weighted by atomic mass is 9.42. The normalized spacial score (nSPS) is 42.6. The second kappa shape index (κ2) is 9.85. The third kappa shape index (κ3) is 4.15. The van der Waals surface area contributed by atoms with Crippen LogP contribution in [0, 0.1) is 34.5 Å². The van der Waals surface area contributed by atoms with Gasteiger partial charge in [0.1, 0.15) is 4.33 Å². The molecule has 0 aromatic carbocycles. The minimum Gasteiger partial charge on any atom is -0.298 e. The van der Waals surface area contributed by atoms with E-state index in [4.69, 9.17) is 23.2 Å². The second-order valence-electron chi connectivity index (χ2n) is 11.9. The van der Waals surface area contributed by atoms with Gasteiger partial charge < -0.3 is 0 Å². The van der Waals surface area contributed by atoms with Gasteiger partial charge in [-0.3, -0.25) is 4.79 Å². The summed E-state index contributed by atoms with van der Waals surface area (Å²) < 4.78 is -0.824. The molecule has 0 bridgehead atoms.